The summed E-state index contributed by atoms with van der Waals surface area (Å²) in [6.45, 7) is 6.29. The molecule has 1 aliphatic heterocycles. The van der Waals surface area contributed by atoms with Crippen molar-refractivity contribution in [2.45, 2.75) is 39.3 Å². The topological polar surface area (TPSA) is 75.3 Å². The Morgan fingerprint density at radius 3 is 2.94 bits per heavy atom. The molecule has 2 heterocycles. The van der Waals surface area contributed by atoms with Crippen molar-refractivity contribution in [2.24, 2.45) is 0 Å². The number of aromatic amines is 1. The summed E-state index contributed by atoms with van der Waals surface area (Å²) in [4.78, 5) is 18.9. The lowest BCUT2D eigenvalue weighted by atomic mass is 10.2. The molecule has 0 amide bonds. The highest BCUT2D eigenvalue weighted by Crippen LogP contribution is 2.35. The van der Waals surface area contributed by atoms with Crippen molar-refractivity contribution in [3.8, 4) is 0 Å². The van der Waals surface area contributed by atoms with Gasteiger partial charge in [-0.25, -0.2) is 4.98 Å². The van der Waals surface area contributed by atoms with Crippen LogP contribution < -0.4 is 0 Å². The number of hydrogen-bond acceptors (Lipinski definition) is 4. The number of hydrogen-bond donors (Lipinski definition) is 1. The Balaban J connectivity index is 2.01. The molecule has 0 saturated carbocycles. The first kappa shape index (κ1) is 13.2. The fraction of sp³-hybridized carbons (Fsp3) is 0.636. The van der Waals surface area contributed by atoms with E-state index in [9.17, 15) is 9.36 Å². The molecular formula is C11H17N3O3P+. The fourth-order valence-corrected chi connectivity index (χ4v) is 2.90. The van der Waals surface area contributed by atoms with Crippen molar-refractivity contribution in [2.75, 3.05) is 6.54 Å². The molecule has 1 aliphatic rings. The third-order valence-corrected chi connectivity index (χ3v) is 3.82. The Morgan fingerprint density at radius 2 is 2.28 bits per heavy atom. The molecule has 18 heavy (non-hydrogen) atoms. The van der Waals surface area contributed by atoms with Gasteiger partial charge in [0.2, 0.25) is 0 Å². The van der Waals surface area contributed by atoms with Crippen LogP contribution in [0, 0.1) is 0 Å². The van der Waals surface area contributed by atoms with Gasteiger partial charge in [0, 0.05) is 13.0 Å². The van der Waals surface area contributed by atoms with Gasteiger partial charge in [0.15, 0.2) is 0 Å². The lowest BCUT2D eigenvalue weighted by Gasteiger charge is -2.18. The zero-order chi connectivity index (χ0) is 13.3. The number of carbonyl (C=O) groups excluding carboxylic acids is 1. The molecule has 0 fully saturated rings. The van der Waals surface area contributed by atoms with E-state index in [1.165, 1.54) is 0 Å². The second-order valence-electron chi connectivity index (χ2n) is 5.22. The molecule has 1 atom stereocenters. The van der Waals surface area contributed by atoms with Crippen molar-refractivity contribution >= 4 is 13.7 Å². The molecule has 0 bridgehead atoms. The molecule has 7 heteroatoms. The first-order valence-corrected chi connectivity index (χ1v) is 7.04. The molecule has 0 aliphatic carbocycles. The summed E-state index contributed by atoms with van der Waals surface area (Å²) in [5.41, 5.74) is 0.643. The minimum atomic E-state index is -2.16. The van der Waals surface area contributed by atoms with Crippen LogP contribution in [0.25, 0.3) is 0 Å². The Hall–Kier alpha value is -1.26. The predicted molar refractivity (Wildman–Crippen MR) is 66.5 cm³/mol. The first-order valence-electron chi connectivity index (χ1n) is 5.83. The Morgan fingerprint density at radius 1 is 1.56 bits per heavy atom. The van der Waals surface area contributed by atoms with Gasteiger partial charge in [-0.1, -0.05) is 4.67 Å². The van der Waals surface area contributed by atoms with E-state index in [2.05, 4.69) is 9.97 Å². The van der Waals surface area contributed by atoms with Crippen LogP contribution in [0.4, 0.5) is 4.79 Å². The first-order chi connectivity index (χ1) is 8.37. The highest BCUT2D eigenvalue weighted by Gasteiger charge is 2.43. The van der Waals surface area contributed by atoms with Crippen LogP contribution in [0.5, 0.6) is 0 Å². The highest BCUT2D eigenvalue weighted by atomic mass is 31.1. The number of H-pyrrole nitrogens is 1. The van der Waals surface area contributed by atoms with Crippen molar-refractivity contribution in [1.29, 1.82) is 0 Å². The quantitative estimate of drug-likeness (QED) is 0.835. The number of imidazole rings is 1. The molecule has 1 unspecified atom stereocenters. The SMILES string of the molecule is CC(C)(C)OC(=O)[P+](=O)N1CCc2nc[nH]c2C1. The average Bonchev–Trinajstić information content (AvgIpc) is 2.72. The molecule has 2 rings (SSSR count). The fourth-order valence-electron chi connectivity index (χ4n) is 1.77. The summed E-state index contributed by atoms with van der Waals surface area (Å²) in [7, 11) is -2.16. The van der Waals surface area contributed by atoms with E-state index < -0.39 is 19.3 Å². The van der Waals surface area contributed by atoms with E-state index >= 15 is 0 Å². The van der Waals surface area contributed by atoms with E-state index in [4.69, 9.17) is 4.74 Å². The minimum absolute atomic E-state index is 0.448. The van der Waals surface area contributed by atoms with Gasteiger partial charge >= 0.3 is 13.7 Å². The van der Waals surface area contributed by atoms with E-state index in [1.54, 1.807) is 31.8 Å². The lowest BCUT2D eigenvalue weighted by molar-refractivity contribution is 0.0709. The Kier molecular flexibility index (Phi) is 3.50. The zero-order valence-corrected chi connectivity index (χ0v) is 11.7. The third kappa shape index (κ3) is 2.94. The van der Waals surface area contributed by atoms with E-state index in [-0.39, 0.29) is 0 Å². The molecular weight excluding hydrogens is 253 g/mol. The minimum Gasteiger partial charge on any atom is -0.420 e. The van der Waals surface area contributed by atoms with E-state index in [1.807, 2.05) is 0 Å². The lowest BCUT2D eigenvalue weighted by Crippen LogP contribution is -2.29. The molecule has 0 saturated heterocycles. The van der Waals surface area contributed by atoms with Gasteiger partial charge in [-0.2, -0.15) is 4.79 Å². The van der Waals surface area contributed by atoms with Gasteiger partial charge in [-0.05, 0) is 25.3 Å². The molecule has 6 nitrogen and oxygen atoms in total. The molecule has 1 N–H and O–H groups in total. The maximum atomic E-state index is 12.1. The number of aromatic nitrogens is 2. The number of nitrogens with zero attached hydrogens (tertiary/aromatic N) is 2. The number of rotatable bonds is 2. The second-order valence-corrected chi connectivity index (χ2v) is 6.70. The monoisotopic (exact) mass is 270 g/mol. The van der Waals surface area contributed by atoms with Gasteiger partial charge < -0.3 is 9.72 Å². The van der Waals surface area contributed by atoms with Crippen LogP contribution in [0.2, 0.25) is 0 Å². The molecule has 1 aromatic heterocycles. The maximum Gasteiger partial charge on any atom is 0.578 e. The van der Waals surface area contributed by atoms with Crippen LogP contribution in [0.15, 0.2) is 6.33 Å². The molecule has 98 valence electrons. The number of ether oxygens (including phenoxy) is 1. The summed E-state index contributed by atoms with van der Waals surface area (Å²) in [5.74, 6) is 0. The predicted octanol–water partition coefficient (Wildman–Crippen LogP) is 2.45. The summed E-state index contributed by atoms with van der Waals surface area (Å²) < 4.78 is 18.8. The number of nitrogens with one attached hydrogen (secondary N) is 1. The maximum absolute atomic E-state index is 12.1. The standard InChI is InChI=1S/C11H17N3O3P/c1-11(2,3)17-10(15)18(16)14-5-4-8-9(6-14)13-7-12-8/h7H,4-6H2,1-3H3,(H,12,13)/q+1. The van der Waals surface area contributed by atoms with Gasteiger partial charge in [0.25, 0.3) is 0 Å². The summed E-state index contributed by atoms with van der Waals surface area (Å²) in [5, 5.41) is 0. The van der Waals surface area contributed by atoms with Crippen LogP contribution >= 0.6 is 7.95 Å². The molecule has 0 aromatic carbocycles. The van der Waals surface area contributed by atoms with Gasteiger partial charge in [-0.3, -0.25) is 0 Å². The van der Waals surface area contributed by atoms with E-state index in [0.29, 0.717) is 19.5 Å². The van der Waals surface area contributed by atoms with Crippen molar-refractivity contribution in [3.63, 3.8) is 0 Å². The molecule has 1 aromatic rings. The van der Waals surface area contributed by atoms with Gasteiger partial charge in [0.05, 0.1) is 24.3 Å². The van der Waals surface area contributed by atoms with Crippen LogP contribution in [0.3, 0.4) is 0 Å². The van der Waals surface area contributed by atoms with Gasteiger partial charge in [0.1, 0.15) is 5.60 Å². The summed E-state index contributed by atoms with van der Waals surface area (Å²) in [6, 6.07) is 0. The second kappa shape index (κ2) is 4.78. The largest absolute Gasteiger partial charge is 0.578 e. The smallest absolute Gasteiger partial charge is 0.420 e. The normalized spacial score (nSPS) is 17.2. The van der Waals surface area contributed by atoms with Crippen molar-refractivity contribution < 1.29 is 14.1 Å². The third-order valence-electron chi connectivity index (χ3n) is 2.56. The van der Waals surface area contributed by atoms with Crippen LogP contribution in [0.1, 0.15) is 32.2 Å². The van der Waals surface area contributed by atoms with Crippen LogP contribution in [-0.2, 0) is 22.3 Å². The summed E-state index contributed by atoms with van der Waals surface area (Å²) in [6.07, 6.45) is 2.32. The number of carbonyl (C=O) groups is 1. The zero-order valence-electron chi connectivity index (χ0n) is 10.8. The van der Waals surface area contributed by atoms with Gasteiger partial charge in [-0.15, -0.1) is 0 Å². The van der Waals surface area contributed by atoms with Crippen molar-refractivity contribution in [3.05, 3.63) is 17.7 Å². The summed E-state index contributed by atoms with van der Waals surface area (Å²) >= 11 is 0. The highest BCUT2D eigenvalue weighted by molar-refractivity contribution is 7.60. The molecule has 0 radical (unpaired) electrons. The number of fused-ring (bicyclic) bond motifs is 1. The molecule has 0 spiro atoms. The Labute approximate surface area is 107 Å². The van der Waals surface area contributed by atoms with Crippen LogP contribution in [-0.4, -0.2) is 32.5 Å². The average molecular weight is 270 g/mol. The Bertz CT molecular complexity index is 478. The van der Waals surface area contributed by atoms with Crippen molar-refractivity contribution in [1.82, 2.24) is 14.6 Å². The van der Waals surface area contributed by atoms with E-state index in [0.717, 1.165) is 11.4 Å².